The van der Waals surface area contributed by atoms with Crippen molar-refractivity contribution in [1.82, 2.24) is 15.6 Å². The van der Waals surface area contributed by atoms with Crippen LogP contribution in [0.2, 0.25) is 0 Å². The van der Waals surface area contributed by atoms with Gasteiger partial charge >= 0.3 is 0 Å². The van der Waals surface area contributed by atoms with E-state index in [1.165, 1.54) is 12.1 Å². The van der Waals surface area contributed by atoms with Gasteiger partial charge in [-0.3, -0.25) is 4.98 Å². The molecular formula is C20H18FN3S. The van der Waals surface area contributed by atoms with E-state index in [0.29, 0.717) is 11.7 Å². The fourth-order valence-electron chi connectivity index (χ4n) is 2.53. The van der Waals surface area contributed by atoms with Gasteiger partial charge in [0.15, 0.2) is 5.11 Å². The number of benzene rings is 2. The molecule has 1 aromatic heterocycles. The quantitative estimate of drug-likeness (QED) is 0.682. The lowest BCUT2D eigenvalue weighted by Gasteiger charge is -2.22. The van der Waals surface area contributed by atoms with Crippen LogP contribution >= 0.6 is 12.2 Å². The Balaban J connectivity index is 1.69. The Morgan fingerprint density at radius 2 is 1.56 bits per heavy atom. The number of hydrogen-bond donors (Lipinski definition) is 2. The van der Waals surface area contributed by atoms with Crippen molar-refractivity contribution in [3.8, 4) is 0 Å². The van der Waals surface area contributed by atoms with Crippen LogP contribution in [0, 0.1) is 5.82 Å². The molecule has 1 heterocycles. The van der Waals surface area contributed by atoms with Crippen molar-refractivity contribution < 1.29 is 4.39 Å². The van der Waals surface area contributed by atoms with Gasteiger partial charge in [0.05, 0.1) is 6.04 Å². The Bertz CT molecular complexity index is 768. The van der Waals surface area contributed by atoms with Crippen LogP contribution in [0.3, 0.4) is 0 Å². The topological polar surface area (TPSA) is 37.0 Å². The molecule has 25 heavy (non-hydrogen) atoms. The highest BCUT2D eigenvalue weighted by molar-refractivity contribution is 7.80. The van der Waals surface area contributed by atoms with E-state index in [1.807, 2.05) is 30.3 Å². The number of thiocarbonyl (C=S) groups is 1. The van der Waals surface area contributed by atoms with E-state index < -0.39 is 0 Å². The van der Waals surface area contributed by atoms with Gasteiger partial charge in [-0.2, -0.15) is 0 Å². The molecule has 0 spiro atoms. The highest BCUT2D eigenvalue weighted by Gasteiger charge is 2.14. The molecule has 0 saturated heterocycles. The molecule has 0 aliphatic heterocycles. The van der Waals surface area contributed by atoms with Gasteiger partial charge in [0.2, 0.25) is 0 Å². The average Bonchev–Trinajstić information content (AvgIpc) is 2.67. The summed E-state index contributed by atoms with van der Waals surface area (Å²) in [6, 6.07) is 20.3. The third-order valence-corrected chi connectivity index (χ3v) is 4.08. The van der Waals surface area contributed by atoms with Crippen LogP contribution in [0.1, 0.15) is 22.7 Å². The van der Waals surface area contributed by atoms with Gasteiger partial charge in [-0.25, -0.2) is 4.39 Å². The van der Waals surface area contributed by atoms with E-state index in [-0.39, 0.29) is 11.9 Å². The molecule has 3 aromatic rings. The maximum atomic E-state index is 13.0. The van der Waals surface area contributed by atoms with Gasteiger partial charge in [-0.05, 0) is 53.2 Å². The zero-order chi connectivity index (χ0) is 17.5. The summed E-state index contributed by atoms with van der Waals surface area (Å²) in [4.78, 5) is 4.08. The van der Waals surface area contributed by atoms with E-state index >= 15 is 0 Å². The minimum Gasteiger partial charge on any atom is -0.359 e. The first kappa shape index (κ1) is 17.0. The van der Waals surface area contributed by atoms with Crippen LogP contribution < -0.4 is 10.6 Å². The minimum absolute atomic E-state index is 0.0718. The number of nitrogens with one attached hydrogen (secondary N) is 2. The molecule has 0 radical (unpaired) electrons. The van der Waals surface area contributed by atoms with E-state index in [2.05, 4.69) is 27.8 Å². The normalized spacial score (nSPS) is 11.6. The fourth-order valence-corrected chi connectivity index (χ4v) is 2.72. The molecule has 0 bridgehead atoms. The Labute approximate surface area is 151 Å². The van der Waals surface area contributed by atoms with Crippen molar-refractivity contribution in [2.24, 2.45) is 0 Å². The van der Waals surface area contributed by atoms with Crippen LogP contribution in [-0.2, 0) is 6.54 Å². The smallest absolute Gasteiger partial charge is 0.167 e. The summed E-state index contributed by atoms with van der Waals surface area (Å²) in [6.45, 7) is 0.532. The largest absolute Gasteiger partial charge is 0.359 e. The maximum Gasteiger partial charge on any atom is 0.167 e. The standard InChI is InChI=1S/C20H18FN3S/c21-18-8-6-15(7-9-18)14-23-20(25)24-19(16-4-2-1-3-5-16)17-10-12-22-13-11-17/h1-13,19H,14H2,(H2,23,24,25)/t19-/m1/s1. The highest BCUT2D eigenvalue weighted by Crippen LogP contribution is 2.21. The first-order chi connectivity index (χ1) is 12.2. The van der Waals surface area contributed by atoms with Crippen LogP contribution in [0.5, 0.6) is 0 Å². The zero-order valence-electron chi connectivity index (χ0n) is 13.5. The minimum atomic E-state index is -0.244. The summed E-state index contributed by atoms with van der Waals surface area (Å²) < 4.78 is 13.0. The van der Waals surface area contributed by atoms with Gasteiger partial charge < -0.3 is 10.6 Å². The monoisotopic (exact) mass is 351 g/mol. The van der Waals surface area contributed by atoms with Crippen LogP contribution in [0.15, 0.2) is 79.1 Å². The Kier molecular flexibility index (Phi) is 5.69. The molecule has 126 valence electrons. The molecule has 3 rings (SSSR count). The molecule has 3 nitrogen and oxygen atoms in total. The average molecular weight is 351 g/mol. The summed E-state index contributed by atoms with van der Waals surface area (Å²) in [5.74, 6) is -0.244. The van der Waals surface area contributed by atoms with Gasteiger partial charge in [-0.1, -0.05) is 42.5 Å². The van der Waals surface area contributed by atoms with Crippen molar-refractivity contribution in [2.45, 2.75) is 12.6 Å². The molecule has 0 aliphatic rings. The van der Waals surface area contributed by atoms with Crippen molar-refractivity contribution in [3.63, 3.8) is 0 Å². The lowest BCUT2D eigenvalue weighted by Crippen LogP contribution is -2.37. The van der Waals surface area contributed by atoms with E-state index in [0.717, 1.165) is 16.7 Å². The summed E-state index contributed by atoms with van der Waals surface area (Å²) in [7, 11) is 0. The number of aromatic nitrogens is 1. The van der Waals surface area contributed by atoms with Crippen LogP contribution in [0.4, 0.5) is 4.39 Å². The highest BCUT2D eigenvalue weighted by atomic mass is 32.1. The third kappa shape index (κ3) is 4.84. The van der Waals surface area contributed by atoms with Gasteiger partial charge in [0.25, 0.3) is 0 Å². The molecule has 0 aliphatic carbocycles. The number of hydrogen-bond acceptors (Lipinski definition) is 2. The fraction of sp³-hybridized carbons (Fsp3) is 0.100. The summed E-state index contributed by atoms with van der Waals surface area (Å²) >= 11 is 5.44. The SMILES string of the molecule is Fc1ccc(CNC(=S)N[C@H](c2ccccc2)c2ccncc2)cc1. The number of halogens is 1. The molecule has 2 N–H and O–H groups in total. The molecular weight excluding hydrogens is 333 g/mol. The maximum absolute atomic E-state index is 13.0. The van der Waals surface area contributed by atoms with Gasteiger partial charge in [-0.15, -0.1) is 0 Å². The van der Waals surface area contributed by atoms with Gasteiger partial charge in [0.1, 0.15) is 5.82 Å². The van der Waals surface area contributed by atoms with Crippen molar-refractivity contribution in [2.75, 3.05) is 0 Å². The lowest BCUT2D eigenvalue weighted by atomic mass is 10.00. The molecule has 0 amide bonds. The Hall–Kier alpha value is -2.79. The Morgan fingerprint density at radius 3 is 2.24 bits per heavy atom. The lowest BCUT2D eigenvalue weighted by molar-refractivity contribution is 0.626. The number of rotatable bonds is 5. The second-order valence-electron chi connectivity index (χ2n) is 5.58. The van der Waals surface area contributed by atoms with Crippen molar-refractivity contribution in [3.05, 3.63) is 102 Å². The van der Waals surface area contributed by atoms with E-state index in [9.17, 15) is 4.39 Å². The van der Waals surface area contributed by atoms with E-state index in [4.69, 9.17) is 12.2 Å². The molecule has 1 atom stereocenters. The van der Waals surface area contributed by atoms with Crippen molar-refractivity contribution >= 4 is 17.3 Å². The number of pyridine rings is 1. The second-order valence-corrected chi connectivity index (χ2v) is 5.99. The zero-order valence-corrected chi connectivity index (χ0v) is 14.3. The summed E-state index contributed by atoms with van der Waals surface area (Å²) in [5, 5.41) is 7.06. The predicted molar refractivity (Wildman–Crippen MR) is 101 cm³/mol. The first-order valence-electron chi connectivity index (χ1n) is 7.96. The van der Waals surface area contributed by atoms with Gasteiger partial charge in [0, 0.05) is 18.9 Å². The second kappa shape index (κ2) is 8.35. The Morgan fingerprint density at radius 1 is 0.920 bits per heavy atom. The third-order valence-electron chi connectivity index (χ3n) is 3.81. The van der Waals surface area contributed by atoms with Crippen molar-refractivity contribution in [1.29, 1.82) is 0 Å². The molecule has 0 unspecified atom stereocenters. The number of nitrogens with zero attached hydrogens (tertiary/aromatic N) is 1. The van der Waals surface area contributed by atoms with Crippen LogP contribution in [0.25, 0.3) is 0 Å². The molecule has 5 heteroatoms. The first-order valence-corrected chi connectivity index (χ1v) is 8.37. The summed E-state index contributed by atoms with van der Waals surface area (Å²) in [6.07, 6.45) is 3.53. The molecule has 0 fully saturated rings. The van der Waals surface area contributed by atoms with Crippen LogP contribution in [-0.4, -0.2) is 10.1 Å². The molecule has 2 aromatic carbocycles. The predicted octanol–water partition coefficient (Wildman–Crippen LogP) is 3.97. The summed E-state index contributed by atoms with van der Waals surface area (Å²) in [5.41, 5.74) is 3.15. The molecule has 0 saturated carbocycles. The van der Waals surface area contributed by atoms with E-state index in [1.54, 1.807) is 24.5 Å².